The van der Waals surface area contributed by atoms with Crippen LogP contribution in [-0.4, -0.2) is 35.4 Å². The zero-order valence-electron chi connectivity index (χ0n) is 16.1. The van der Waals surface area contributed by atoms with Gasteiger partial charge in [0.05, 0.1) is 17.2 Å². The number of ether oxygens (including phenoxy) is 2. The number of methoxy groups -OCH3 is 1. The fraction of sp³-hybridized carbons (Fsp3) is 0.348. The van der Waals surface area contributed by atoms with Crippen molar-refractivity contribution >= 4 is 16.9 Å². The second-order valence-corrected chi connectivity index (χ2v) is 7.51. The van der Waals surface area contributed by atoms with Crippen molar-refractivity contribution < 1.29 is 19.4 Å². The van der Waals surface area contributed by atoms with Crippen LogP contribution in [0, 0.1) is 6.92 Å². The van der Waals surface area contributed by atoms with Crippen molar-refractivity contribution in [1.82, 2.24) is 4.98 Å². The number of fused-ring (bicyclic) bond motifs is 1. The number of hydrogen-bond acceptors (Lipinski definition) is 3. The summed E-state index contributed by atoms with van der Waals surface area (Å²) in [4.78, 5) is 14.5. The van der Waals surface area contributed by atoms with Crippen LogP contribution in [-0.2, 0) is 4.74 Å². The number of benzene rings is 2. The zero-order chi connectivity index (χ0) is 19.7. The molecule has 1 aliphatic rings. The number of nitrogens with one attached hydrogen (secondary N) is 1. The molecule has 0 saturated heterocycles. The Morgan fingerprint density at radius 2 is 1.89 bits per heavy atom. The molecule has 4 rings (SSSR count). The van der Waals surface area contributed by atoms with E-state index in [-0.39, 0.29) is 18.1 Å². The van der Waals surface area contributed by atoms with Gasteiger partial charge < -0.3 is 19.6 Å². The van der Waals surface area contributed by atoms with Crippen LogP contribution in [0.4, 0.5) is 0 Å². The molecule has 0 spiro atoms. The number of hydrogen-bond donors (Lipinski definition) is 2. The molecule has 0 unspecified atom stereocenters. The lowest BCUT2D eigenvalue weighted by Crippen LogP contribution is -2.35. The van der Waals surface area contributed by atoms with E-state index in [2.05, 4.69) is 24.0 Å². The molecule has 2 aromatic carbocycles. The van der Waals surface area contributed by atoms with Crippen molar-refractivity contribution in [2.75, 3.05) is 7.11 Å². The smallest absolute Gasteiger partial charge is 0.335 e. The van der Waals surface area contributed by atoms with E-state index in [1.807, 2.05) is 24.4 Å². The second-order valence-electron chi connectivity index (χ2n) is 7.51. The van der Waals surface area contributed by atoms with Gasteiger partial charge in [-0.2, -0.15) is 0 Å². The van der Waals surface area contributed by atoms with Gasteiger partial charge in [0.1, 0.15) is 11.9 Å². The van der Waals surface area contributed by atoms with Crippen LogP contribution in [0.5, 0.6) is 5.75 Å². The molecule has 5 nitrogen and oxygen atoms in total. The Morgan fingerprint density at radius 1 is 1.11 bits per heavy atom. The van der Waals surface area contributed by atoms with Crippen molar-refractivity contribution in [3.8, 4) is 5.75 Å². The van der Waals surface area contributed by atoms with Gasteiger partial charge in [0.2, 0.25) is 0 Å². The highest BCUT2D eigenvalue weighted by molar-refractivity contribution is 5.88. The van der Waals surface area contributed by atoms with Gasteiger partial charge in [-0.1, -0.05) is 18.2 Å². The molecule has 1 aromatic heterocycles. The number of aryl methyl sites for hydroxylation is 1. The lowest BCUT2D eigenvalue weighted by atomic mass is 9.80. The first-order valence-electron chi connectivity index (χ1n) is 9.66. The molecule has 0 radical (unpaired) electrons. The summed E-state index contributed by atoms with van der Waals surface area (Å²) in [7, 11) is 1.75. The van der Waals surface area contributed by atoms with Crippen molar-refractivity contribution in [1.29, 1.82) is 0 Å². The minimum atomic E-state index is -0.910. The van der Waals surface area contributed by atoms with Gasteiger partial charge in [-0.25, -0.2) is 4.79 Å². The average Bonchev–Trinajstić information content (AvgIpc) is 3.21. The first-order valence-corrected chi connectivity index (χ1v) is 9.66. The molecule has 0 amide bonds. The summed E-state index contributed by atoms with van der Waals surface area (Å²) >= 11 is 0. The molecular weight excluding hydrogens is 354 g/mol. The van der Waals surface area contributed by atoms with E-state index in [1.54, 1.807) is 19.2 Å². The molecule has 1 fully saturated rings. The van der Waals surface area contributed by atoms with Crippen molar-refractivity contribution in [3.63, 3.8) is 0 Å². The Labute approximate surface area is 164 Å². The van der Waals surface area contributed by atoms with Crippen LogP contribution < -0.4 is 4.74 Å². The van der Waals surface area contributed by atoms with E-state index in [4.69, 9.17) is 14.6 Å². The molecule has 1 aliphatic carbocycles. The molecule has 3 atom stereocenters. The summed E-state index contributed by atoms with van der Waals surface area (Å²) in [5.41, 5.74) is 3.68. The molecule has 1 heterocycles. The van der Waals surface area contributed by atoms with Gasteiger partial charge in [0.25, 0.3) is 0 Å². The monoisotopic (exact) mass is 379 g/mol. The van der Waals surface area contributed by atoms with E-state index in [0.29, 0.717) is 5.56 Å². The van der Waals surface area contributed by atoms with Gasteiger partial charge >= 0.3 is 5.97 Å². The Kier molecular flexibility index (Phi) is 5.09. The second kappa shape index (κ2) is 7.68. The van der Waals surface area contributed by atoms with Crippen LogP contribution in [0.3, 0.4) is 0 Å². The molecular formula is C23H25NO4. The van der Waals surface area contributed by atoms with Gasteiger partial charge in [0.15, 0.2) is 0 Å². The Bertz CT molecular complexity index is 976. The summed E-state index contributed by atoms with van der Waals surface area (Å²) < 4.78 is 12.1. The number of carbonyl (C=O) groups is 1. The minimum Gasteiger partial charge on any atom is -0.489 e. The minimum absolute atomic E-state index is 0.0166. The Hall–Kier alpha value is -2.79. The van der Waals surface area contributed by atoms with E-state index in [1.165, 1.54) is 5.56 Å². The number of carboxylic acid groups (broad SMARTS) is 1. The quantitative estimate of drug-likeness (QED) is 0.661. The third kappa shape index (κ3) is 3.50. The number of H-pyrrole nitrogens is 1. The van der Waals surface area contributed by atoms with Crippen molar-refractivity contribution in [3.05, 3.63) is 65.4 Å². The summed E-state index contributed by atoms with van der Waals surface area (Å²) in [6.07, 6.45) is 4.85. The lowest BCUT2D eigenvalue weighted by molar-refractivity contribution is 0.0195. The molecule has 1 saturated carbocycles. The molecule has 28 heavy (non-hydrogen) atoms. The molecule has 2 N–H and O–H groups in total. The highest BCUT2D eigenvalue weighted by Gasteiger charge is 2.33. The van der Waals surface area contributed by atoms with Crippen LogP contribution in [0.1, 0.15) is 46.7 Å². The fourth-order valence-corrected chi connectivity index (χ4v) is 4.22. The summed E-state index contributed by atoms with van der Waals surface area (Å²) in [6.45, 7) is 2.08. The number of carboxylic acids is 1. The number of rotatable bonds is 5. The van der Waals surface area contributed by atoms with Crippen molar-refractivity contribution in [2.24, 2.45) is 0 Å². The van der Waals surface area contributed by atoms with Gasteiger partial charge in [0, 0.05) is 24.6 Å². The first-order chi connectivity index (χ1) is 13.6. The Balaban J connectivity index is 1.64. The maximum atomic E-state index is 11.2. The Morgan fingerprint density at radius 3 is 2.61 bits per heavy atom. The maximum absolute atomic E-state index is 11.2. The van der Waals surface area contributed by atoms with E-state index < -0.39 is 5.97 Å². The van der Waals surface area contributed by atoms with Gasteiger partial charge in [-0.15, -0.1) is 0 Å². The lowest BCUT2D eigenvalue weighted by Gasteiger charge is -2.36. The van der Waals surface area contributed by atoms with Crippen LogP contribution in [0.25, 0.3) is 10.9 Å². The third-order valence-corrected chi connectivity index (χ3v) is 5.83. The zero-order valence-corrected chi connectivity index (χ0v) is 16.1. The molecule has 3 aromatic rings. The van der Waals surface area contributed by atoms with Crippen molar-refractivity contribution in [2.45, 2.75) is 44.3 Å². The van der Waals surface area contributed by atoms with E-state index in [0.717, 1.165) is 41.5 Å². The standard InChI is InChI=1S/C23H25NO4/c1-14-3-9-20(18-11-12-24-22(14)18)28-21-10-8-17(27-2)13-19(21)15-4-6-16(7-5-15)23(25)26/h3-7,9,11-12,17,19,21,24H,8,10,13H2,1-2H3,(H,25,26)/t17-,19-,21+/m0/s1. The van der Waals surface area contributed by atoms with Gasteiger partial charge in [-0.3, -0.25) is 0 Å². The molecule has 146 valence electrons. The summed E-state index contributed by atoms with van der Waals surface area (Å²) in [6, 6.07) is 13.3. The number of aromatic amines is 1. The fourth-order valence-electron chi connectivity index (χ4n) is 4.22. The normalized spacial score (nSPS) is 22.3. The third-order valence-electron chi connectivity index (χ3n) is 5.83. The molecule has 5 heteroatoms. The largest absolute Gasteiger partial charge is 0.489 e. The van der Waals surface area contributed by atoms with E-state index >= 15 is 0 Å². The molecule has 0 aliphatic heterocycles. The van der Waals surface area contributed by atoms with E-state index in [9.17, 15) is 4.79 Å². The maximum Gasteiger partial charge on any atom is 0.335 e. The summed E-state index contributed by atoms with van der Waals surface area (Å²) in [5.74, 6) is 0.124. The highest BCUT2D eigenvalue weighted by Crippen LogP contribution is 2.38. The first kappa shape index (κ1) is 18.6. The summed E-state index contributed by atoms with van der Waals surface area (Å²) in [5, 5.41) is 10.3. The van der Waals surface area contributed by atoms with Crippen LogP contribution in [0.2, 0.25) is 0 Å². The van der Waals surface area contributed by atoms with Crippen LogP contribution >= 0.6 is 0 Å². The predicted molar refractivity (Wildman–Crippen MR) is 108 cm³/mol. The predicted octanol–water partition coefficient (Wildman–Crippen LogP) is 4.90. The SMILES string of the molecule is CO[C@H]1CC[C@@H](Oc2ccc(C)c3[nH]ccc23)[C@H](c2ccc(C(=O)O)cc2)C1. The highest BCUT2D eigenvalue weighted by atomic mass is 16.5. The number of aromatic nitrogens is 1. The topological polar surface area (TPSA) is 71.5 Å². The molecule has 0 bridgehead atoms. The average molecular weight is 379 g/mol. The number of aromatic carboxylic acids is 1. The van der Waals surface area contributed by atoms with Crippen LogP contribution in [0.15, 0.2) is 48.7 Å². The van der Waals surface area contributed by atoms with Gasteiger partial charge in [-0.05, 0) is 61.6 Å².